The van der Waals surface area contributed by atoms with Crippen molar-refractivity contribution in [3.05, 3.63) is 0 Å². The van der Waals surface area contributed by atoms with Crippen molar-refractivity contribution in [3.8, 4) is 0 Å². The monoisotopic (exact) mass is 88.0 g/mol. The number of hydrogen-bond acceptors (Lipinski definition) is 2. The van der Waals surface area contributed by atoms with Crippen molar-refractivity contribution in [1.82, 2.24) is 0 Å². The molecule has 0 amide bonds. The van der Waals surface area contributed by atoms with Crippen LogP contribution in [0.5, 0.6) is 0 Å². The zero-order valence-electron chi connectivity index (χ0n) is 2.30. The lowest BCUT2D eigenvalue weighted by Gasteiger charge is -1.41. The van der Waals surface area contributed by atoms with Crippen LogP contribution in [0.2, 0.25) is 0 Å². The average Bonchev–Trinajstić information content (AvgIpc) is 1.41. The molecule has 0 bridgehead atoms. The van der Waals surface area contributed by atoms with Crippen LogP contribution in [0.3, 0.4) is 0 Å². The fourth-order valence-corrected chi connectivity index (χ4v) is 0.0612. The molecule has 4 heteroatoms. The number of carbonyl (C=O) groups excluding carboxylic acids is 1. The zero-order valence-corrected chi connectivity index (χ0v) is 3.20. The van der Waals surface area contributed by atoms with E-state index < -0.39 is 0 Å². The summed E-state index contributed by atoms with van der Waals surface area (Å²) in [7, 11) is -0.0189. The lowest BCUT2D eigenvalue weighted by Crippen LogP contribution is -1.27. The van der Waals surface area contributed by atoms with Crippen LogP contribution < -0.4 is 0 Å². The molecular weight excluding hydrogens is 87.0 g/mol. The van der Waals surface area contributed by atoms with Crippen molar-refractivity contribution in [2.45, 2.75) is 0 Å². The number of nitrogens with zero attached hydrogens (tertiary/aromatic N) is 1. The van der Waals surface area contributed by atoms with E-state index in [-0.39, 0.29) is 8.52 Å². The fraction of sp³-hybridized carbons (Fsp3) is 0. The maximum Gasteiger partial charge on any atom is 0.245 e. The predicted octanol–water partition coefficient (Wildman–Crippen LogP) is 0.946. The number of isocyanates is 1. The summed E-state index contributed by atoms with van der Waals surface area (Å²) in [5.74, 6) is 0. The topological polar surface area (TPSA) is 53.3 Å². The van der Waals surface area contributed by atoms with Crippen LogP contribution in [0, 0.1) is 5.16 Å². The molecule has 0 heterocycles. The highest BCUT2D eigenvalue weighted by Crippen LogP contribution is 1.86. The summed E-state index contributed by atoms with van der Waals surface area (Å²) < 4.78 is 2.81. The van der Waals surface area contributed by atoms with Gasteiger partial charge < -0.3 is 0 Å². The molecule has 26 valence electrons. The van der Waals surface area contributed by atoms with Gasteiger partial charge >= 0.3 is 0 Å². The molecule has 1 N–H and O–H groups in total. The summed E-state index contributed by atoms with van der Waals surface area (Å²) in [5.41, 5.74) is 0. The van der Waals surface area contributed by atoms with Crippen molar-refractivity contribution in [1.29, 1.82) is 5.16 Å². The lowest BCUT2D eigenvalue weighted by atomic mass is 11.7. The third kappa shape index (κ3) is 3.48. The molecule has 0 aromatic carbocycles. The Morgan fingerprint density at radius 3 is 2.60 bits per heavy atom. The second-order valence-corrected chi connectivity index (χ2v) is 0.691. The Morgan fingerprint density at radius 2 is 2.60 bits per heavy atom. The summed E-state index contributed by atoms with van der Waals surface area (Å²) in [5, 5.41) is 6.15. The average molecular weight is 88.0 g/mol. The molecule has 0 saturated carbocycles. The minimum atomic E-state index is -0.0189. The quantitative estimate of drug-likeness (QED) is 0.289. The standard InChI is InChI=1S/CHN2OP/c2-5-3-1-4/h2H. The third-order valence-electron chi connectivity index (χ3n) is 0.0908. The summed E-state index contributed by atoms with van der Waals surface area (Å²) in [6.45, 7) is 0. The van der Waals surface area contributed by atoms with E-state index in [1.54, 1.807) is 0 Å². The van der Waals surface area contributed by atoms with Crippen molar-refractivity contribution >= 4 is 14.6 Å². The van der Waals surface area contributed by atoms with Gasteiger partial charge in [-0.2, -0.15) is 0 Å². The summed E-state index contributed by atoms with van der Waals surface area (Å²) >= 11 is 0. The molecule has 0 aliphatic heterocycles. The molecule has 0 aliphatic rings. The lowest BCUT2D eigenvalue weighted by molar-refractivity contribution is 0.566. The first kappa shape index (κ1) is 4.48. The van der Waals surface area contributed by atoms with Gasteiger partial charge in [-0.3, -0.25) is 5.16 Å². The molecule has 0 rings (SSSR count). The number of nitrogens with one attached hydrogen (secondary N) is 1. The first-order chi connectivity index (χ1) is 2.41. The van der Waals surface area contributed by atoms with E-state index in [1.807, 2.05) is 0 Å². The van der Waals surface area contributed by atoms with Crippen LogP contribution in [-0.2, 0) is 4.79 Å². The SMILES string of the molecule is N=PN=C=O. The Morgan fingerprint density at radius 1 is 2.00 bits per heavy atom. The van der Waals surface area contributed by atoms with Crippen LogP contribution in [0.15, 0.2) is 4.76 Å². The van der Waals surface area contributed by atoms with Crippen LogP contribution >= 0.6 is 8.52 Å². The Balaban J connectivity index is 3.31. The minimum Gasteiger partial charge on any atom is -0.262 e. The van der Waals surface area contributed by atoms with Gasteiger partial charge in [0.15, 0.2) is 8.52 Å². The summed E-state index contributed by atoms with van der Waals surface area (Å²) in [4.78, 5) is 8.99. The van der Waals surface area contributed by atoms with Crippen molar-refractivity contribution in [2.24, 2.45) is 4.76 Å². The van der Waals surface area contributed by atoms with Crippen LogP contribution in [0.25, 0.3) is 0 Å². The number of hydrogen-bond donors (Lipinski definition) is 1. The van der Waals surface area contributed by atoms with Crippen LogP contribution in [0.4, 0.5) is 0 Å². The van der Waals surface area contributed by atoms with Gasteiger partial charge in [0.2, 0.25) is 6.08 Å². The van der Waals surface area contributed by atoms with Gasteiger partial charge in [-0.25, -0.2) is 4.79 Å². The van der Waals surface area contributed by atoms with Gasteiger partial charge in [0.1, 0.15) is 0 Å². The molecule has 0 spiro atoms. The molecular formula is CHN2OP. The Labute approximate surface area is 30.5 Å². The normalized spacial score (nSPS) is 6.40. The zero-order chi connectivity index (χ0) is 4.12. The highest BCUT2D eigenvalue weighted by Gasteiger charge is 1.44. The molecule has 0 atom stereocenters. The van der Waals surface area contributed by atoms with Gasteiger partial charge in [0.05, 0.1) is 0 Å². The van der Waals surface area contributed by atoms with Gasteiger partial charge in [-0.05, 0) is 0 Å². The van der Waals surface area contributed by atoms with E-state index in [1.165, 1.54) is 6.08 Å². The van der Waals surface area contributed by atoms with E-state index in [2.05, 4.69) is 4.76 Å². The van der Waals surface area contributed by atoms with Crippen molar-refractivity contribution < 1.29 is 4.79 Å². The van der Waals surface area contributed by atoms with Gasteiger partial charge in [0.25, 0.3) is 0 Å². The third-order valence-corrected chi connectivity index (χ3v) is 0.272. The molecule has 3 nitrogen and oxygen atoms in total. The first-order valence-electron chi connectivity index (χ1n) is 0.851. The van der Waals surface area contributed by atoms with Crippen molar-refractivity contribution in [2.75, 3.05) is 0 Å². The predicted molar refractivity (Wildman–Crippen MR) is 17.8 cm³/mol. The smallest absolute Gasteiger partial charge is 0.245 e. The molecule has 0 saturated heterocycles. The van der Waals surface area contributed by atoms with E-state index in [4.69, 9.17) is 9.96 Å². The molecule has 0 aliphatic carbocycles. The molecule has 0 aromatic rings. The van der Waals surface area contributed by atoms with E-state index in [0.717, 1.165) is 0 Å². The van der Waals surface area contributed by atoms with E-state index >= 15 is 0 Å². The molecule has 0 aromatic heterocycles. The summed E-state index contributed by atoms with van der Waals surface area (Å²) in [6.07, 6.45) is 1.19. The largest absolute Gasteiger partial charge is 0.262 e. The second-order valence-electron chi connectivity index (χ2n) is 0.291. The van der Waals surface area contributed by atoms with E-state index in [9.17, 15) is 0 Å². The van der Waals surface area contributed by atoms with Gasteiger partial charge in [0, 0.05) is 0 Å². The van der Waals surface area contributed by atoms with Gasteiger partial charge in [-0.1, -0.05) is 0 Å². The number of rotatable bonds is 1. The fourth-order valence-electron chi connectivity index (χ4n) is 0.0204. The second kappa shape index (κ2) is 3.48. The van der Waals surface area contributed by atoms with Crippen LogP contribution in [0.1, 0.15) is 0 Å². The minimum absolute atomic E-state index is 0.0189. The van der Waals surface area contributed by atoms with E-state index in [0.29, 0.717) is 0 Å². The molecule has 0 unspecified atom stereocenters. The Hall–Kier alpha value is -0.520. The highest BCUT2D eigenvalue weighted by molar-refractivity contribution is 7.23. The maximum atomic E-state index is 8.99. The molecule has 0 radical (unpaired) electrons. The highest BCUT2D eigenvalue weighted by atomic mass is 31.1. The first-order valence-corrected chi connectivity index (χ1v) is 1.70. The molecule has 5 heavy (non-hydrogen) atoms. The summed E-state index contributed by atoms with van der Waals surface area (Å²) in [6, 6.07) is 0. The van der Waals surface area contributed by atoms with Crippen LogP contribution in [-0.4, -0.2) is 6.08 Å². The van der Waals surface area contributed by atoms with Crippen molar-refractivity contribution in [3.63, 3.8) is 0 Å². The Bertz CT molecular complexity index is 73.7. The maximum absolute atomic E-state index is 8.99. The van der Waals surface area contributed by atoms with Gasteiger partial charge in [-0.15, -0.1) is 4.76 Å². The Kier molecular flexibility index (Phi) is 3.12. The molecule has 0 fully saturated rings.